The molecule has 0 amide bonds. The Morgan fingerprint density at radius 3 is 2.88 bits per heavy atom. The van der Waals surface area contributed by atoms with Crippen molar-refractivity contribution in [3.05, 3.63) is 29.8 Å². The SMILES string of the molecule is CCC(OCc1cccc(OC)c1)C(N)=NO. The van der Waals surface area contributed by atoms with Crippen LogP contribution in [0.2, 0.25) is 0 Å². The Morgan fingerprint density at radius 1 is 1.53 bits per heavy atom. The van der Waals surface area contributed by atoms with Crippen molar-refractivity contribution in [1.29, 1.82) is 0 Å². The molecule has 0 saturated carbocycles. The van der Waals surface area contributed by atoms with E-state index in [0.717, 1.165) is 11.3 Å². The minimum absolute atomic E-state index is 0.0930. The van der Waals surface area contributed by atoms with E-state index in [1.54, 1.807) is 7.11 Å². The van der Waals surface area contributed by atoms with Gasteiger partial charge in [0.15, 0.2) is 5.84 Å². The van der Waals surface area contributed by atoms with Crippen LogP contribution in [0.5, 0.6) is 5.75 Å². The van der Waals surface area contributed by atoms with Gasteiger partial charge in [-0.1, -0.05) is 24.2 Å². The van der Waals surface area contributed by atoms with Crippen LogP contribution in [0.1, 0.15) is 18.9 Å². The Labute approximate surface area is 101 Å². The first kappa shape index (κ1) is 13.3. The summed E-state index contributed by atoms with van der Waals surface area (Å²) in [5, 5.41) is 11.5. The summed E-state index contributed by atoms with van der Waals surface area (Å²) in [6.45, 7) is 2.31. The second-order valence-electron chi connectivity index (χ2n) is 3.58. The monoisotopic (exact) mass is 238 g/mol. The van der Waals surface area contributed by atoms with Gasteiger partial charge in [-0.15, -0.1) is 0 Å². The molecule has 0 aromatic heterocycles. The van der Waals surface area contributed by atoms with Crippen LogP contribution in [-0.2, 0) is 11.3 Å². The number of benzene rings is 1. The Hall–Kier alpha value is -1.75. The summed E-state index contributed by atoms with van der Waals surface area (Å²) in [6, 6.07) is 7.58. The van der Waals surface area contributed by atoms with Crippen LogP contribution in [0.4, 0.5) is 0 Å². The highest BCUT2D eigenvalue weighted by atomic mass is 16.5. The van der Waals surface area contributed by atoms with Crippen molar-refractivity contribution in [3.63, 3.8) is 0 Å². The lowest BCUT2D eigenvalue weighted by Gasteiger charge is -2.14. The van der Waals surface area contributed by atoms with Crippen molar-refractivity contribution in [2.45, 2.75) is 26.1 Å². The van der Waals surface area contributed by atoms with Crippen molar-refractivity contribution in [2.24, 2.45) is 10.9 Å². The quantitative estimate of drug-likeness (QED) is 0.342. The van der Waals surface area contributed by atoms with Crippen LogP contribution in [-0.4, -0.2) is 24.3 Å². The summed E-state index contributed by atoms with van der Waals surface area (Å²) in [7, 11) is 1.62. The summed E-state index contributed by atoms with van der Waals surface area (Å²) < 4.78 is 10.7. The molecule has 0 aliphatic heterocycles. The Bertz CT molecular complexity index is 380. The van der Waals surface area contributed by atoms with Gasteiger partial charge in [0.25, 0.3) is 0 Å². The predicted molar refractivity (Wildman–Crippen MR) is 65.3 cm³/mol. The van der Waals surface area contributed by atoms with Gasteiger partial charge in [0.05, 0.1) is 13.7 Å². The maximum Gasteiger partial charge on any atom is 0.168 e. The highest BCUT2D eigenvalue weighted by Gasteiger charge is 2.12. The third-order valence-corrected chi connectivity index (χ3v) is 2.40. The number of hydrogen-bond acceptors (Lipinski definition) is 4. The van der Waals surface area contributed by atoms with Gasteiger partial charge < -0.3 is 20.4 Å². The van der Waals surface area contributed by atoms with Crippen molar-refractivity contribution in [2.75, 3.05) is 7.11 Å². The van der Waals surface area contributed by atoms with Crippen LogP contribution < -0.4 is 10.5 Å². The molecule has 0 heterocycles. The molecule has 0 fully saturated rings. The van der Waals surface area contributed by atoms with E-state index in [-0.39, 0.29) is 11.9 Å². The maximum atomic E-state index is 8.58. The number of hydrogen-bond donors (Lipinski definition) is 2. The number of rotatable bonds is 6. The first-order valence-corrected chi connectivity index (χ1v) is 5.43. The fourth-order valence-electron chi connectivity index (χ4n) is 1.44. The zero-order chi connectivity index (χ0) is 12.7. The molecular weight excluding hydrogens is 220 g/mol. The normalized spacial score (nSPS) is 13.4. The van der Waals surface area contributed by atoms with Gasteiger partial charge in [-0.3, -0.25) is 0 Å². The largest absolute Gasteiger partial charge is 0.497 e. The fourth-order valence-corrected chi connectivity index (χ4v) is 1.44. The molecule has 0 aliphatic carbocycles. The Balaban J connectivity index is 2.59. The zero-order valence-corrected chi connectivity index (χ0v) is 10.1. The molecule has 1 rings (SSSR count). The topological polar surface area (TPSA) is 77.1 Å². The van der Waals surface area contributed by atoms with Crippen molar-refractivity contribution >= 4 is 5.84 Å². The van der Waals surface area contributed by atoms with E-state index in [0.29, 0.717) is 13.0 Å². The predicted octanol–water partition coefficient (Wildman–Crippen LogP) is 1.74. The minimum Gasteiger partial charge on any atom is -0.497 e. The summed E-state index contributed by atoms with van der Waals surface area (Å²) >= 11 is 0. The molecule has 3 N–H and O–H groups in total. The third-order valence-electron chi connectivity index (χ3n) is 2.40. The molecule has 0 spiro atoms. The first-order valence-electron chi connectivity index (χ1n) is 5.43. The molecule has 17 heavy (non-hydrogen) atoms. The van der Waals surface area contributed by atoms with E-state index in [9.17, 15) is 0 Å². The lowest BCUT2D eigenvalue weighted by molar-refractivity contribution is 0.0787. The first-order chi connectivity index (χ1) is 8.21. The number of methoxy groups -OCH3 is 1. The van der Waals surface area contributed by atoms with Gasteiger partial charge in [0.2, 0.25) is 0 Å². The molecule has 94 valence electrons. The average Bonchev–Trinajstić information content (AvgIpc) is 2.39. The standard InChI is InChI=1S/C12H18N2O3/c1-3-11(12(13)14-15)17-8-9-5-4-6-10(7-9)16-2/h4-7,11,15H,3,8H2,1-2H3,(H2,13,14). The van der Waals surface area contributed by atoms with E-state index in [4.69, 9.17) is 20.4 Å². The number of amidine groups is 1. The van der Waals surface area contributed by atoms with Gasteiger partial charge in [0.1, 0.15) is 11.9 Å². The van der Waals surface area contributed by atoms with Gasteiger partial charge in [-0.2, -0.15) is 0 Å². The van der Waals surface area contributed by atoms with Gasteiger partial charge in [-0.05, 0) is 24.1 Å². The smallest absolute Gasteiger partial charge is 0.168 e. The third kappa shape index (κ3) is 3.96. The van der Waals surface area contributed by atoms with E-state index < -0.39 is 0 Å². The van der Waals surface area contributed by atoms with E-state index in [2.05, 4.69) is 5.16 Å². The molecule has 5 nitrogen and oxygen atoms in total. The maximum absolute atomic E-state index is 8.58. The summed E-state index contributed by atoms with van der Waals surface area (Å²) in [4.78, 5) is 0. The average molecular weight is 238 g/mol. The molecule has 5 heteroatoms. The fraction of sp³-hybridized carbons (Fsp3) is 0.417. The number of nitrogens with zero attached hydrogens (tertiary/aromatic N) is 1. The van der Waals surface area contributed by atoms with Gasteiger partial charge in [-0.25, -0.2) is 0 Å². The second kappa shape index (κ2) is 6.75. The summed E-state index contributed by atoms with van der Waals surface area (Å²) in [6.07, 6.45) is 0.283. The van der Waals surface area contributed by atoms with Crippen LogP contribution >= 0.6 is 0 Å². The molecule has 1 unspecified atom stereocenters. The van der Waals surface area contributed by atoms with Crippen LogP contribution in [0.15, 0.2) is 29.4 Å². The van der Waals surface area contributed by atoms with Crippen molar-refractivity contribution in [1.82, 2.24) is 0 Å². The van der Waals surface area contributed by atoms with Crippen LogP contribution in [0.25, 0.3) is 0 Å². The number of ether oxygens (including phenoxy) is 2. The second-order valence-corrected chi connectivity index (χ2v) is 3.58. The van der Waals surface area contributed by atoms with Gasteiger partial charge >= 0.3 is 0 Å². The molecule has 0 bridgehead atoms. The molecular formula is C12H18N2O3. The molecule has 0 saturated heterocycles. The summed E-state index contributed by atoms with van der Waals surface area (Å²) in [5.74, 6) is 0.873. The summed E-state index contributed by atoms with van der Waals surface area (Å²) in [5.41, 5.74) is 6.48. The van der Waals surface area contributed by atoms with Crippen LogP contribution in [0.3, 0.4) is 0 Å². The molecule has 1 aromatic carbocycles. The minimum atomic E-state index is -0.369. The Kier molecular flexibility index (Phi) is 5.29. The van der Waals surface area contributed by atoms with E-state index >= 15 is 0 Å². The highest BCUT2D eigenvalue weighted by molar-refractivity contribution is 5.84. The lowest BCUT2D eigenvalue weighted by atomic mass is 10.2. The van der Waals surface area contributed by atoms with Crippen molar-refractivity contribution in [3.8, 4) is 5.75 Å². The molecule has 1 atom stereocenters. The molecule has 1 aromatic rings. The Morgan fingerprint density at radius 2 is 2.29 bits per heavy atom. The zero-order valence-electron chi connectivity index (χ0n) is 10.1. The lowest BCUT2D eigenvalue weighted by Crippen LogP contribution is -2.30. The number of nitrogens with two attached hydrogens (primary N) is 1. The van der Waals surface area contributed by atoms with E-state index in [1.165, 1.54) is 0 Å². The molecule has 0 radical (unpaired) electrons. The van der Waals surface area contributed by atoms with Gasteiger partial charge in [0, 0.05) is 0 Å². The van der Waals surface area contributed by atoms with E-state index in [1.807, 2.05) is 31.2 Å². The van der Waals surface area contributed by atoms with Crippen molar-refractivity contribution < 1.29 is 14.7 Å². The highest BCUT2D eigenvalue weighted by Crippen LogP contribution is 2.14. The number of oxime groups is 1. The molecule has 0 aliphatic rings. The van der Waals surface area contributed by atoms with Crippen LogP contribution in [0, 0.1) is 0 Å².